The maximum absolute atomic E-state index is 12.5. The van der Waals surface area contributed by atoms with Crippen LogP contribution in [-0.2, 0) is 14.3 Å². The first-order chi connectivity index (χ1) is 34.0. The zero-order chi connectivity index (χ0) is 50.0. The molecule has 6 heteroatoms. The Bertz CT molecular complexity index is 1080. The lowest BCUT2D eigenvalue weighted by Gasteiger charge is -2.22. The first-order valence-electron chi connectivity index (χ1n) is 31.1. The molecule has 0 aromatic carbocycles. The summed E-state index contributed by atoms with van der Waals surface area (Å²) in [4.78, 5) is 24.4. The lowest BCUT2D eigenvalue weighted by molar-refractivity contribution is -0.143. The Labute approximate surface area is 431 Å². The predicted octanol–water partition coefficient (Wildman–Crippen LogP) is 19.4. The molecule has 0 saturated carbocycles. The normalized spacial score (nSPS) is 12.7. The van der Waals surface area contributed by atoms with Crippen molar-refractivity contribution >= 4 is 11.9 Å². The lowest BCUT2D eigenvalue weighted by Crippen LogP contribution is -2.45. The van der Waals surface area contributed by atoms with Gasteiger partial charge in [-0.05, 0) is 70.6 Å². The van der Waals surface area contributed by atoms with Crippen LogP contribution in [0.4, 0.5) is 0 Å². The highest BCUT2D eigenvalue weighted by Crippen LogP contribution is 2.18. The number of aliphatic hydroxyl groups is 2. The highest BCUT2D eigenvalue weighted by Gasteiger charge is 2.20. The van der Waals surface area contributed by atoms with E-state index in [9.17, 15) is 19.8 Å². The van der Waals surface area contributed by atoms with Crippen LogP contribution in [0.5, 0.6) is 0 Å². The fourth-order valence-corrected chi connectivity index (χ4v) is 9.68. The lowest BCUT2D eigenvalue weighted by atomic mass is 10.0. The monoisotopic (exact) mass is 972 g/mol. The second-order valence-corrected chi connectivity index (χ2v) is 21.4. The molecule has 0 fully saturated rings. The van der Waals surface area contributed by atoms with Crippen molar-refractivity contribution in [1.29, 1.82) is 0 Å². The van der Waals surface area contributed by atoms with Crippen molar-refractivity contribution in [3.63, 3.8) is 0 Å². The topological polar surface area (TPSA) is 95.9 Å². The van der Waals surface area contributed by atoms with E-state index in [1.807, 2.05) is 0 Å². The summed E-state index contributed by atoms with van der Waals surface area (Å²) in [5.74, 6) is -0.0280. The van der Waals surface area contributed by atoms with E-state index in [4.69, 9.17) is 4.74 Å². The van der Waals surface area contributed by atoms with Crippen LogP contribution in [0.25, 0.3) is 0 Å². The smallest absolute Gasteiger partial charge is 0.305 e. The van der Waals surface area contributed by atoms with Gasteiger partial charge in [0.1, 0.15) is 0 Å². The summed E-state index contributed by atoms with van der Waals surface area (Å²) in [7, 11) is 0. The Morgan fingerprint density at radius 3 is 1.07 bits per heavy atom. The van der Waals surface area contributed by atoms with Gasteiger partial charge in [-0.25, -0.2) is 0 Å². The number of aliphatic hydroxyl groups excluding tert-OH is 2. The molecule has 0 aliphatic rings. The van der Waals surface area contributed by atoms with Gasteiger partial charge in [-0.2, -0.15) is 0 Å². The molecule has 2 unspecified atom stereocenters. The molecule has 0 aliphatic carbocycles. The van der Waals surface area contributed by atoms with Gasteiger partial charge in [-0.15, -0.1) is 0 Å². The highest BCUT2D eigenvalue weighted by atomic mass is 16.5. The third-order valence-corrected chi connectivity index (χ3v) is 14.5. The third kappa shape index (κ3) is 55.5. The summed E-state index contributed by atoms with van der Waals surface area (Å²) in [6, 6.07) is -0.539. The number of esters is 1. The van der Waals surface area contributed by atoms with Gasteiger partial charge >= 0.3 is 5.97 Å². The average molecular weight is 973 g/mol. The molecule has 0 aromatic rings. The maximum atomic E-state index is 12.5. The Morgan fingerprint density at radius 2 is 0.696 bits per heavy atom. The Hall–Kier alpha value is -1.66. The van der Waals surface area contributed by atoms with Crippen LogP contribution in [0.2, 0.25) is 0 Å². The number of allylic oxidation sites excluding steroid dienone is 4. The molecule has 0 heterocycles. The molecule has 0 aliphatic heterocycles. The van der Waals surface area contributed by atoms with Crippen LogP contribution in [0.15, 0.2) is 24.3 Å². The van der Waals surface area contributed by atoms with E-state index >= 15 is 0 Å². The number of amides is 1. The molecule has 0 rings (SSSR count). The summed E-state index contributed by atoms with van der Waals surface area (Å²) in [6.07, 6.45) is 72.0. The van der Waals surface area contributed by atoms with E-state index in [0.29, 0.717) is 25.9 Å². The van der Waals surface area contributed by atoms with Crippen LogP contribution in [-0.4, -0.2) is 47.4 Å². The maximum Gasteiger partial charge on any atom is 0.305 e. The number of nitrogens with one attached hydrogen (secondary N) is 1. The first-order valence-corrected chi connectivity index (χ1v) is 31.1. The van der Waals surface area contributed by atoms with Gasteiger partial charge in [-0.3, -0.25) is 9.59 Å². The number of hydrogen-bond donors (Lipinski definition) is 3. The SMILES string of the molecule is CCCC/C=C\CCCCCCCC(=O)OCCCCCCCCCCCCCC/C=C\CCCCCCCCCCCCCCCC(=O)NC(CO)C(O)CCCCCCCCCCCCCC. The number of carbonyl (C=O) groups is 2. The van der Waals surface area contributed by atoms with Crippen LogP contribution in [0, 0.1) is 0 Å². The minimum atomic E-state index is -0.662. The van der Waals surface area contributed by atoms with Crippen molar-refractivity contribution in [3.8, 4) is 0 Å². The highest BCUT2D eigenvalue weighted by molar-refractivity contribution is 5.76. The van der Waals surface area contributed by atoms with E-state index in [2.05, 4.69) is 43.5 Å². The molecule has 0 radical (unpaired) electrons. The molecule has 3 N–H and O–H groups in total. The zero-order valence-corrected chi connectivity index (χ0v) is 46.6. The summed E-state index contributed by atoms with van der Waals surface area (Å²) < 4.78 is 5.46. The number of carbonyl (C=O) groups excluding carboxylic acids is 2. The molecule has 0 saturated heterocycles. The van der Waals surface area contributed by atoms with E-state index in [0.717, 1.165) is 44.9 Å². The van der Waals surface area contributed by atoms with Gasteiger partial charge in [0.15, 0.2) is 0 Å². The van der Waals surface area contributed by atoms with Gasteiger partial charge < -0.3 is 20.3 Å². The number of rotatable bonds is 58. The van der Waals surface area contributed by atoms with Crippen LogP contribution >= 0.6 is 0 Å². The second-order valence-electron chi connectivity index (χ2n) is 21.4. The van der Waals surface area contributed by atoms with Crippen molar-refractivity contribution in [2.24, 2.45) is 0 Å². The largest absolute Gasteiger partial charge is 0.466 e. The van der Waals surface area contributed by atoms with E-state index < -0.39 is 12.1 Å². The summed E-state index contributed by atoms with van der Waals surface area (Å²) in [5, 5.41) is 23.2. The molecule has 0 aromatic heterocycles. The van der Waals surface area contributed by atoms with Gasteiger partial charge in [0, 0.05) is 12.8 Å². The van der Waals surface area contributed by atoms with Crippen LogP contribution < -0.4 is 5.32 Å². The molecule has 1 amide bonds. The van der Waals surface area contributed by atoms with Crippen molar-refractivity contribution < 1.29 is 24.5 Å². The number of ether oxygens (including phenoxy) is 1. The summed E-state index contributed by atoms with van der Waals surface area (Å²) >= 11 is 0. The van der Waals surface area contributed by atoms with Crippen molar-refractivity contribution in [2.45, 2.75) is 353 Å². The predicted molar refractivity (Wildman–Crippen MR) is 301 cm³/mol. The number of hydrogen-bond acceptors (Lipinski definition) is 5. The molecular formula is C63H121NO5. The third-order valence-electron chi connectivity index (χ3n) is 14.5. The van der Waals surface area contributed by atoms with Crippen LogP contribution in [0.3, 0.4) is 0 Å². The van der Waals surface area contributed by atoms with E-state index in [1.54, 1.807) is 0 Å². The summed E-state index contributed by atoms with van der Waals surface area (Å²) in [6.45, 7) is 4.92. The molecule has 6 nitrogen and oxygen atoms in total. The average Bonchev–Trinajstić information content (AvgIpc) is 3.35. The van der Waals surface area contributed by atoms with Crippen molar-refractivity contribution in [1.82, 2.24) is 5.32 Å². The Balaban J connectivity index is 3.36. The molecular weight excluding hydrogens is 851 g/mol. The van der Waals surface area contributed by atoms with E-state index in [-0.39, 0.29) is 18.5 Å². The fourth-order valence-electron chi connectivity index (χ4n) is 9.68. The standard InChI is InChI=1S/C63H121NO5/c1-3-5-7-9-11-13-15-36-39-43-47-51-55-61(66)60(59-65)64-62(67)56-52-48-44-40-37-33-31-29-27-25-23-21-19-17-16-18-20-22-24-26-28-30-32-34-38-42-46-50-54-58-69-63(68)57-53-49-45-41-35-14-12-10-8-6-4-2/h10,12,16,18,60-61,65-66H,3-9,11,13-15,17,19-59H2,1-2H3,(H,64,67)/b12-10-,18-16-. The second kappa shape index (κ2) is 58.9. The molecule has 69 heavy (non-hydrogen) atoms. The fraction of sp³-hybridized carbons (Fsp3) is 0.905. The zero-order valence-electron chi connectivity index (χ0n) is 46.6. The Morgan fingerprint density at radius 1 is 0.391 bits per heavy atom. The van der Waals surface area contributed by atoms with Gasteiger partial charge in [0.25, 0.3) is 0 Å². The molecule has 0 bridgehead atoms. The molecule has 408 valence electrons. The van der Waals surface area contributed by atoms with Gasteiger partial charge in [0.2, 0.25) is 5.91 Å². The molecule has 0 spiro atoms. The molecule has 2 atom stereocenters. The minimum Gasteiger partial charge on any atom is -0.466 e. The Kier molecular flexibility index (Phi) is 57.5. The number of unbranched alkanes of at least 4 members (excludes halogenated alkanes) is 43. The quantitative estimate of drug-likeness (QED) is 0.0321. The van der Waals surface area contributed by atoms with Crippen LogP contribution in [0.1, 0.15) is 341 Å². The first kappa shape index (κ1) is 67.3. The van der Waals surface area contributed by atoms with Gasteiger partial charge in [-0.1, -0.05) is 282 Å². The van der Waals surface area contributed by atoms with E-state index in [1.165, 1.54) is 263 Å². The van der Waals surface area contributed by atoms with Gasteiger partial charge in [0.05, 0.1) is 25.4 Å². The van der Waals surface area contributed by atoms with Crippen molar-refractivity contribution in [3.05, 3.63) is 24.3 Å². The summed E-state index contributed by atoms with van der Waals surface area (Å²) in [5.41, 5.74) is 0. The van der Waals surface area contributed by atoms with Crippen molar-refractivity contribution in [2.75, 3.05) is 13.2 Å². The minimum absolute atomic E-state index is 0.00545.